The van der Waals surface area contributed by atoms with Gasteiger partial charge in [0.15, 0.2) is 12.3 Å². The Hall–Kier alpha value is -4.05. The SMILES string of the molecule is CCN(C(=O)COC(=O)c1cc(Cl)ccc1OC)c1c(N)n(Cc2ccccc2)c(=O)[nH]c1=O. The molecule has 10 nitrogen and oxygen atoms in total. The van der Waals surface area contributed by atoms with Crippen molar-refractivity contribution in [2.75, 3.05) is 30.9 Å². The van der Waals surface area contributed by atoms with Crippen molar-refractivity contribution in [2.24, 2.45) is 0 Å². The van der Waals surface area contributed by atoms with Crippen LogP contribution in [0.5, 0.6) is 5.75 Å². The number of amides is 1. The smallest absolute Gasteiger partial charge is 0.342 e. The average molecular weight is 487 g/mol. The number of carbonyl (C=O) groups is 2. The van der Waals surface area contributed by atoms with Crippen molar-refractivity contribution in [3.05, 3.63) is 85.5 Å². The molecule has 0 atom stereocenters. The Labute approximate surface area is 199 Å². The van der Waals surface area contributed by atoms with E-state index in [2.05, 4.69) is 4.98 Å². The monoisotopic (exact) mass is 486 g/mol. The summed E-state index contributed by atoms with van der Waals surface area (Å²) < 4.78 is 11.4. The van der Waals surface area contributed by atoms with Gasteiger partial charge in [-0.1, -0.05) is 41.9 Å². The van der Waals surface area contributed by atoms with Gasteiger partial charge in [-0.05, 0) is 30.7 Å². The molecule has 0 saturated carbocycles. The molecule has 3 aromatic rings. The number of likely N-dealkylation sites (N-methyl/N-ethyl adjacent to an activating group) is 1. The van der Waals surface area contributed by atoms with E-state index >= 15 is 0 Å². The first-order valence-electron chi connectivity index (χ1n) is 10.2. The molecule has 11 heteroatoms. The quantitative estimate of drug-likeness (QED) is 0.465. The highest BCUT2D eigenvalue weighted by molar-refractivity contribution is 6.31. The van der Waals surface area contributed by atoms with Crippen molar-refractivity contribution in [2.45, 2.75) is 13.5 Å². The van der Waals surface area contributed by atoms with Crippen LogP contribution in [0.1, 0.15) is 22.8 Å². The van der Waals surface area contributed by atoms with Gasteiger partial charge < -0.3 is 20.1 Å². The van der Waals surface area contributed by atoms with Gasteiger partial charge in [-0.2, -0.15) is 0 Å². The lowest BCUT2D eigenvalue weighted by Crippen LogP contribution is -2.42. The predicted molar refractivity (Wildman–Crippen MR) is 128 cm³/mol. The van der Waals surface area contributed by atoms with Crippen LogP contribution in [-0.2, 0) is 16.1 Å². The maximum atomic E-state index is 12.9. The summed E-state index contributed by atoms with van der Waals surface area (Å²) in [6.45, 7) is 1.06. The van der Waals surface area contributed by atoms with Crippen LogP contribution in [-0.4, -0.2) is 41.7 Å². The van der Waals surface area contributed by atoms with Crippen molar-refractivity contribution in [3.8, 4) is 5.75 Å². The Bertz CT molecular complexity index is 1320. The van der Waals surface area contributed by atoms with E-state index in [1.807, 2.05) is 6.07 Å². The molecule has 178 valence electrons. The van der Waals surface area contributed by atoms with E-state index in [9.17, 15) is 19.2 Å². The zero-order chi connectivity index (χ0) is 24.8. The number of H-pyrrole nitrogens is 1. The minimum Gasteiger partial charge on any atom is -0.496 e. The number of benzene rings is 2. The summed E-state index contributed by atoms with van der Waals surface area (Å²) in [5.41, 5.74) is 5.22. The second kappa shape index (κ2) is 10.7. The van der Waals surface area contributed by atoms with Crippen LogP contribution in [0.3, 0.4) is 0 Å². The number of nitrogens with two attached hydrogens (primary N) is 1. The lowest BCUT2D eigenvalue weighted by Gasteiger charge is -2.23. The number of esters is 1. The van der Waals surface area contributed by atoms with Crippen molar-refractivity contribution in [1.82, 2.24) is 9.55 Å². The van der Waals surface area contributed by atoms with Crippen LogP contribution in [0.4, 0.5) is 11.5 Å². The number of nitrogens with one attached hydrogen (secondary N) is 1. The zero-order valence-corrected chi connectivity index (χ0v) is 19.3. The molecule has 0 bridgehead atoms. The van der Waals surface area contributed by atoms with Crippen molar-refractivity contribution in [1.29, 1.82) is 0 Å². The molecule has 0 aliphatic rings. The van der Waals surface area contributed by atoms with Gasteiger partial charge in [0, 0.05) is 11.6 Å². The first-order valence-corrected chi connectivity index (χ1v) is 10.6. The molecule has 34 heavy (non-hydrogen) atoms. The highest BCUT2D eigenvalue weighted by Gasteiger charge is 2.25. The first-order chi connectivity index (χ1) is 16.3. The molecule has 0 spiro atoms. The number of halogens is 1. The molecular weight excluding hydrogens is 464 g/mol. The largest absolute Gasteiger partial charge is 0.496 e. The maximum Gasteiger partial charge on any atom is 0.342 e. The molecule has 1 amide bonds. The average Bonchev–Trinajstić information content (AvgIpc) is 2.83. The molecule has 3 rings (SSSR count). The number of hydrogen-bond donors (Lipinski definition) is 2. The van der Waals surface area contributed by atoms with Crippen LogP contribution < -0.4 is 26.6 Å². The molecule has 0 saturated heterocycles. The minimum atomic E-state index is -0.834. The van der Waals surface area contributed by atoms with Crippen LogP contribution >= 0.6 is 11.6 Å². The van der Waals surface area contributed by atoms with Crippen LogP contribution in [0.15, 0.2) is 58.1 Å². The Morgan fingerprint density at radius 1 is 1.15 bits per heavy atom. The third-order valence-corrected chi connectivity index (χ3v) is 5.23. The summed E-state index contributed by atoms with van der Waals surface area (Å²) in [5.74, 6) is -1.50. The normalized spacial score (nSPS) is 10.6. The fraction of sp³-hybridized carbons (Fsp3) is 0.217. The van der Waals surface area contributed by atoms with Gasteiger partial charge in [0.05, 0.1) is 13.7 Å². The molecule has 0 aliphatic carbocycles. The zero-order valence-electron chi connectivity index (χ0n) is 18.5. The van der Waals surface area contributed by atoms with Gasteiger partial charge in [0.2, 0.25) is 0 Å². The molecule has 0 aliphatic heterocycles. The Balaban J connectivity index is 1.86. The van der Waals surface area contributed by atoms with E-state index in [1.54, 1.807) is 37.3 Å². The number of nitrogen functional groups attached to an aromatic ring is 1. The summed E-state index contributed by atoms with van der Waals surface area (Å²) in [4.78, 5) is 53.6. The number of aromatic nitrogens is 2. The van der Waals surface area contributed by atoms with Gasteiger partial charge in [0.1, 0.15) is 17.1 Å². The highest BCUT2D eigenvalue weighted by atomic mass is 35.5. The topological polar surface area (TPSA) is 137 Å². The molecule has 0 radical (unpaired) electrons. The van der Waals surface area contributed by atoms with Crippen molar-refractivity contribution < 1.29 is 19.1 Å². The molecule has 1 heterocycles. The molecule has 2 aromatic carbocycles. The van der Waals surface area contributed by atoms with E-state index in [-0.39, 0.29) is 40.9 Å². The summed E-state index contributed by atoms with van der Waals surface area (Å²) >= 11 is 5.94. The van der Waals surface area contributed by atoms with Gasteiger partial charge in [0.25, 0.3) is 11.5 Å². The Morgan fingerprint density at radius 3 is 2.50 bits per heavy atom. The Kier molecular flexibility index (Phi) is 7.75. The summed E-state index contributed by atoms with van der Waals surface area (Å²) in [5, 5.41) is 0.286. The fourth-order valence-corrected chi connectivity index (χ4v) is 3.52. The van der Waals surface area contributed by atoms with Crippen molar-refractivity contribution >= 4 is 35.0 Å². The lowest BCUT2D eigenvalue weighted by atomic mass is 10.2. The Morgan fingerprint density at radius 2 is 1.85 bits per heavy atom. The number of aromatic amines is 1. The van der Waals surface area contributed by atoms with E-state index in [1.165, 1.54) is 19.2 Å². The minimum absolute atomic E-state index is 0.0354. The van der Waals surface area contributed by atoms with Crippen molar-refractivity contribution in [3.63, 3.8) is 0 Å². The summed E-state index contributed by atoms with van der Waals surface area (Å²) in [7, 11) is 1.38. The van der Waals surface area contributed by atoms with Crippen LogP contribution in [0.2, 0.25) is 5.02 Å². The number of anilines is 2. The van der Waals surface area contributed by atoms with Gasteiger partial charge in [-0.25, -0.2) is 9.59 Å². The maximum absolute atomic E-state index is 12.9. The number of carbonyl (C=O) groups excluding carboxylic acids is 2. The van der Waals surface area contributed by atoms with E-state index in [4.69, 9.17) is 26.8 Å². The number of ether oxygens (including phenoxy) is 2. The number of methoxy groups -OCH3 is 1. The number of nitrogens with zero attached hydrogens (tertiary/aromatic N) is 2. The molecule has 0 unspecified atom stereocenters. The summed E-state index contributed by atoms with van der Waals surface area (Å²) in [6, 6.07) is 13.4. The first kappa shape index (κ1) is 24.6. The highest BCUT2D eigenvalue weighted by Crippen LogP contribution is 2.24. The molecule has 3 N–H and O–H groups in total. The molecular formula is C23H23ClN4O6. The second-order valence-electron chi connectivity index (χ2n) is 7.12. The second-order valence-corrected chi connectivity index (χ2v) is 7.56. The third-order valence-electron chi connectivity index (χ3n) is 4.99. The van der Waals surface area contributed by atoms with E-state index in [0.29, 0.717) is 0 Å². The number of hydrogen-bond acceptors (Lipinski definition) is 7. The van der Waals surface area contributed by atoms with Gasteiger partial charge in [-0.3, -0.25) is 19.1 Å². The van der Waals surface area contributed by atoms with E-state index in [0.717, 1.165) is 15.0 Å². The molecule has 1 aromatic heterocycles. The predicted octanol–water partition coefficient (Wildman–Crippen LogP) is 2.04. The standard InChI is InChI=1S/C23H23ClN4O6/c1-3-27(18(29)13-34-22(31)16-11-15(24)9-10-17(16)33-2)19-20(25)28(23(32)26-21(19)30)12-14-7-5-4-6-8-14/h4-11H,3,12-13,25H2,1-2H3,(H,26,30,32). The number of rotatable bonds is 8. The van der Waals surface area contributed by atoms with Crippen LogP contribution in [0, 0.1) is 0 Å². The lowest BCUT2D eigenvalue weighted by molar-refractivity contribution is -0.121. The van der Waals surface area contributed by atoms with Gasteiger partial charge >= 0.3 is 11.7 Å². The fourth-order valence-electron chi connectivity index (χ4n) is 3.34. The van der Waals surface area contributed by atoms with Crippen LogP contribution in [0.25, 0.3) is 0 Å². The molecule has 0 fully saturated rings. The van der Waals surface area contributed by atoms with Gasteiger partial charge in [-0.15, -0.1) is 0 Å². The summed E-state index contributed by atoms with van der Waals surface area (Å²) in [6.07, 6.45) is 0. The van der Waals surface area contributed by atoms with E-state index < -0.39 is 29.7 Å². The third kappa shape index (κ3) is 5.29.